The summed E-state index contributed by atoms with van der Waals surface area (Å²) >= 11 is 0. The van der Waals surface area contributed by atoms with Crippen LogP contribution in [0.25, 0.3) is 16.6 Å². The molecule has 1 unspecified atom stereocenters. The average molecular weight is 539 g/mol. The van der Waals surface area contributed by atoms with E-state index in [-0.39, 0.29) is 6.04 Å². The van der Waals surface area contributed by atoms with Crippen molar-refractivity contribution in [1.82, 2.24) is 29.5 Å². The average Bonchev–Trinajstić information content (AvgIpc) is 3.58. The molecule has 1 amide bonds. The molecule has 0 radical (unpaired) electrons. The summed E-state index contributed by atoms with van der Waals surface area (Å²) in [5.41, 5.74) is 3.53. The zero-order chi connectivity index (χ0) is 27.6. The lowest BCUT2D eigenvalue weighted by Crippen LogP contribution is -2.24. The fourth-order valence-electron chi connectivity index (χ4n) is 4.78. The molecule has 1 aliphatic rings. The molecule has 0 spiro atoms. The summed E-state index contributed by atoms with van der Waals surface area (Å²) in [5.74, 6) is 0.337. The SMILES string of the molecule is Cc1cc(Nc2ncnc3ccc(NC(=O)C(F)=CC4CCCN4C)cc23)ccc1Oc1ccn2ncnc2c1. The fraction of sp³-hybridized carbons (Fsp3) is 0.207. The van der Waals surface area contributed by atoms with Crippen LogP contribution in [0.15, 0.2) is 79.3 Å². The third-order valence-electron chi connectivity index (χ3n) is 6.94. The molecule has 10 nitrogen and oxygen atoms in total. The number of nitrogens with one attached hydrogen (secondary N) is 2. The van der Waals surface area contributed by atoms with E-state index in [0.29, 0.717) is 39.6 Å². The summed E-state index contributed by atoms with van der Waals surface area (Å²) in [7, 11) is 1.93. The molecule has 0 saturated carbocycles. The Hall–Kier alpha value is -4.90. The molecule has 5 aromatic rings. The van der Waals surface area contributed by atoms with Gasteiger partial charge in [0.1, 0.15) is 30.0 Å². The number of rotatable bonds is 7. The van der Waals surface area contributed by atoms with E-state index < -0.39 is 11.7 Å². The third kappa shape index (κ3) is 5.32. The number of aromatic nitrogens is 5. The van der Waals surface area contributed by atoms with Crippen LogP contribution in [0.1, 0.15) is 18.4 Å². The van der Waals surface area contributed by atoms with Gasteiger partial charge < -0.3 is 15.4 Å². The first-order valence-electron chi connectivity index (χ1n) is 12.9. The molecule has 202 valence electrons. The summed E-state index contributed by atoms with van der Waals surface area (Å²) in [6, 6.07) is 14.5. The number of ether oxygens (including phenoxy) is 1. The molecular formula is C29H27FN8O2. The summed E-state index contributed by atoms with van der Waals surface area (Å²) < 4.78 is 22.4. The van der Waals surface area contributed by atoms with Crippen molar-refractivity contribution in [3.8, 4) is 11.5 Å². The first-order valence-corrected chi connectivity index (χ1v) is 12.9. The number of hydrogen-bond acceptors (Lipinski definition) is 8. The number of fused-ring (bicyclic) bond motifs is 2. The van der Waals surface area contributed by atoms with Gasteiger partial charge in [0.05, 0.1) is 5.52 Å². The zero-order valence-corrected chi connectivity index (χ0v) is 22.0. The predicted octanol–water partition coefficient (Wildman–Crippen LogP) is 5.40. The van der Waals surface area contributed by atoms with Crippen LogP contribution in [0.2, 0.25) is 0 Å². The molecule has 40 heavy (non-hydrogen) atoms. The number of amides is 1. The highest BCUT2D eigenvalue weighted by Gasteiger charge is 2.21. The van der Waals surface area contributed by atoms with Crippen LogP contribution in [-0.2, 0) is 4.79 Å². The largest absolute Gasteiger partial charge is 0.457 e. The van der Waals surface area contributed by atoms with Gasteiger partial charge in [0.15, 0.2) is 11.5 Å². The Kier molecular flexibility index (Phi) is 6.79. The first kappa shape index (κ1) is 25.4. The summed E-state index contributed by atoms with van der Waals surface area (Å²) in [6.45, 7) is 2.85. The number of likely N-dealkylation sites (tertiary alicyclic amines) is 1. The number of benzene rings is 2. The second kappa shape index (κ2) is 10.7. The predicted molar refractivity (Wildman–Crippen MR) is 151 cm³/mol. The molecule has 2 N–H and O–H groups in total. The van der Waals surface area contributed by atoms with Gasteiger partial charge in [-0.05, 0) is 87.5 Å². The molecule has 1 aliphatic heterocycles. The van der Waals surface area contributed by atoms with Crippen LogP contribution in [0.5, 0.6) is 11.5 Å². The van der Waals surface area contributed by atoms with Crippen molar-refractivity contribution in [1.29, 1.82) is 0 Å². The number of nitrogens with zero attached hydrogens (tertiary/aromatic N) is 6. The molecule has 11 heteroatoms. The molecule has 2 aromatic carbocycles. The van der Waals surface area contributed by atoms with Crippen molar-refractivity contribution < 1.29 is 13.9 Å². The molecule has 0 bridgehead atoms. The number of likely N-dealkylation sites (N-methyl/N-ethyl adjacent to an activating group) is 1. The number of carbonyl (C=O) groups is 1. The van der Waals surface area contributed by atoms with Crippen LogP contribution in [0.4, 0.5) is 21.6 Å². The quantitative estimate of drug-likeness (QED) is 0.265. The van der Waals surface area contributed by atoms with E-state index in [1.165, 1.54) is 18.7 Å². The molecule has 6 rings (SSSR count). The van der Waals surface area contributed by atoms with Crippen molar-refractivity contribution in [2.75, 3.05) is 24.2 Å². The maximum atomic E-state index is 14.6. The summed E-state index contributed by atoms with van der Waals surface area (Å²) in [4.78, 5) is 27.5. The Bertz CT molecular complexity index is 1750. The van der Waals surface area contributed by atoms with Gasteiger partial charge in [0, 0.05) is 35.1 Å². The maximum Gasteiger partial charge on any atom is 0.284 e. The van der Waals surface area contributed by atoms with Crippen molar-refractivity contribution in [2.45, 2.75) is 25.8 Å². The minimum absolute atomic E-state index is 0.0654. The Morgan fingerprint density at radius 2 is 1.95 bits per heavy atom. The highest BCUT2D eigenvalue weighted by Crippen LogP contribution is 2.31. The van der Waals surface area contributed by atoms with Gasteiger partial charge in [0.2, 0.25) is 0 Å². The van der Waals surface area contributed by atoms with Gasteiger partial charge >= 0.3 is 0 Å². The summed E-state index contributed by atoms with van der Waals surface area (Å²) in [6.07, 6.45) is 7.97. The topological polar surface area (TPSA) is 110 Å². The van der Waals surface area contributed by atoms with Gasteiger partial charge in [-0.2, -0.15) is 5.10 Å². The standard InChI is InChI=1S/C29H27FN8O2/c1-18-12-19(6-8-26(18)40-22-9-11-38-27(15-22)32-17-34-38)35-28-23-13-20(5-7-25(23)31-16-33-28)36-29(39)24(30)14-21-4-3-10-37(21)2/h5-9,11-17,21H,3-4,10H2,1-2H3,(H,36,39)(H,31,33,35). The Morgan fingerprint density at radius 3 is 2.77 bits per heavy atom. The smallest absolute Gasteiger partial charge is 0.284 e. The van der Waals surface area contributed by atoms with Crippen molar-refractivity contribution in [3.63, 3.8) is 0 Å². The van der Waals surface area contributed by atoms with E-state index in [2.05, 4.69) is 30.7 Å². The molecule has 1 fully saturated rings. The van der Waals surface area contributed by atoms with Crippen LogP contribution < -0.4 is 15.4 Å². The minimum atomic E-state index is -0.791. The molecule has 3 aromatic heterocycles. The van der Waals surface area contributed by atoms with Crippen LogP contribution >= 0.6 is 0 Å². The number of carbonyl (C=O) groups excluding carboxylic acids is 1. The van der Waals surface area contributed by atoms with E-state index in [1.54, 1.807) is 28.9 Å². The molecular weight excluding hydrogens is 511 g/mol. The van der Waals surface area contributed by atoms with E-state index in [9.17, 15) is 9.18 Å². The second-order valence-electron chi connectivity index (χ2n) is 9.75. The van der Waals surface area contributed by atoms with E-state index in [1.807, 2.05) is 49.2 Å². The summed E-state index contributed by atoms with van der Waals surface area (Å²) in [5, 5.41) is 10.8. The second-order valence-corrected chi connectivity index (χ2v) is 9.75. The van der Waals surface area contributed by atoms with E-state index in [0.717, 1.165) is 30.6 Å². The third-order valence-corrected chi connectivity index (χ3v) is 6.94. The van der Waals surface area contributed by atoms with Crippen molar-refractivity contribution in [2.24, 2.45) is 0 Å². The van der Waals surface area contributed by atoms with Crippen molar-refractivity contribution in [3.05, 3.63) is 84.8 Å². The van der Waals surface area contributed by atoms with Crippen LogP contribution in [0, 0.1) is 6.92 Å². The van der Waals surface area contributed by atoms with Gasteiger partial charge in [-0.1, -0.05) is 0 Å². The lowest BCUT2D eigenvalue weighted by molar-refractivity contribution is -0.114. The van der Waals surface area contributed by atoms with E-state index >= 15 is 0 Å². The molecule has 1 saturated heterocycles. The van der Waals surface area contributed by atoms with Gasteiger partial charge in [-0.25, -0.2) is 23.9 Å². The van der Waals surface area contributed by atoms with Crippen molar-refractivity contribution >= 4 is 39.6 Å². The van der Waals surface area contributed by atoms with Gasteiger partial charge in [0.25, 0.3) is 5.91 Å². The number of halogens is 1. The van der Waals surface area contributed by atoms with Gasteiger partial charge in [-0.15, -0.1) is 0 Å². The normalized spacial score (nSPS) is 16.0. The molecule has 0 aliphatic carbocycles. The van der Waals surface area contributed by atoms with E-state index in [4.69, 9.17) is 4.74 Å². The lowest BCUT2D eigenvalue weighted by atomic mass is 10.1. The maximum absolute atomic E-state index is 14.6. The highest BCUT2D eigenvalue weighted by atomic mass is 19.1. The fourth-order valence-corrected chi connectivity index (χ4v) is 4.78. The van der Waals surface area contributed by atoms with Crippen LogP contribution in [0.3, 0.4) is 0 Å². The number of hydrogen-bond donors (Lipinski definition) is 2. The Morgan fingerprint density at radius 1 is 1.07 bits per heavy atom. The number of pyridine rings is 1. The minimum Gasteiger partial charge on any atom is -0.457 e. The highest BCUT2D eigenvalue weighted by molar-refractivity contribution is 6.04. The van der Waals surface area contributed by atoms with Crippen LogP contribution in [-0.4, -0.2) is 55.0 Å². The first-order chi connectivity index (χ1) is 19.4. The monoisotopic (exact) mass is 538 g/mol. The molecule has 4 heterocycles. The van der Waals surface area contributed by atoms with Gasteiger partial charge in [-0.3, -0.25) is 9.69 Å². The Balaban J connectivity index is 1.19. The molecule has 1 atom stereocenters. The Labute approximate surface area is 229 Å². The number of anilines is 3. The lowest BCUT2D eigenvalue weighted by Gasteiger charge is -2.15. The zero-order valence-electron chi connectivity index (χ0n) is 22.0. The number of aryl methyl sites for hydroxylation is 1.